The zero-order valence-electron chi connectivity index (χ0n) is 10.9. The molecule has 0 atom stereocenters. The molecule has 1 rings (SSSR count). The van der Waals surface area contributed by atoms with Gasteiger partial charge in [-0.15, -0.1) is 0 Å². The smallest absolute Gasteiger partial charge is 0.329 e. The summed E-state index contributed by atoms with van der Waals surface area (Å²) >= 11 is 2.93. The number of hydrogen-bond donors (Lipinski definition) is 2. The summed E-state index contributed by atoms with van der Waals surface area (Å²) in [7, 11) is 0. The molecule has 0 saturated heterocycles. The minimum absolute atomic E-state index is 0.0251. The third-order valence-electron chi connectivity index (χ3n) is 3.23. The zero-order valence-corrected chi connectivity index (χ0v) is 12.5. The van der Waals surface area contributed by atoms with Crippen LogP contribution in [0.3, 0.4) is 0 Å². The lowest BCUT2D eigenvalue weighted by Gasteiger charge is -2.29. The third kappa shape index (κ3) is 3.06. The first-order valence-corrected chi connectivity index (χ1v) is 6.71. The highest BCUT2D eigenvalue weighted by atomic mass is 79.9. The first-order chi connectivity index (χ1) is 9.27. The van der Waals surface area contributed by atoms with Gasteiger partial charge in [-0.2, -0.15) is 0 Å². The fraction of sp³-hybridized carbons (Fsp3) is 0.417. The summed E-state index contributed by atoms with van der Waals surface area (Å²) in [6.07, 6.45) is 0.454. The topological polar surface area (TPSA) is 92.5 Å². The standard InChI is InChI=1S/C12H14BrFN2O4/c1-3-12(4-2,11(17)18)15-9-5-7(13)8(14)6-10(9)16(19)20/h5-6,15H,3-4H2,1-2H3,(H,17,18). The Bertz CT molecular complexity index is 547. The summed E-state index contributed by atoms with van der Waals surface area (Å²) in [4.78, 5) is 21.6. The van der Waals surface area contributed by atoms with E-state index in [1.54, 1.807) is 13.8 Å². The summed E-state index contributed by atoms with van der Waals surface area (Å²) in [5.41, 5.74) is -1.87. The Morgan fingerprint density at radius 1 is 1.50 bits per heavy atom. The number of aliphatic carboxylic acids is 1. The monoisotopic (exact) mass is 348 g/mol. The van der Waals surface area contributed by atoms with Crippen molar-refractivity contribution in [3.63, 3.8) is 0 Å². The van der Waals surface area contributed by atoms with Gasteiger partial charge in [-0.3, -0.25) is 10.1 Å². The minimum Gasteiger partial charge on any atom is -0.480 e. The van der Waals surface area contributed by atoms with Gasteiger partial charge < -0.3 is 10.4 Å². The molecule has 0 aliphatic heterocycles. The highest BCUT2D eigenvalue weighted by Crippen LogP contribution is 2.34. The van der Waals surface area contributed by atoms with Crippen molar-refractivity contribution in [1.29, 1.82) is 0 Å². The summed E-state index contributed by atoms with van der Waals surface area (Å²) in [5, 5.41) is 22.9. The Kier molecular flexibility index (Phi) is 5.04. The van der Waals surface area contributed by atoms with Gasteiger partial charge in [0, 0.05) is 0 Å². The zero-order chi connectivity index (χ0) is 15.5. The minimum atomic E-state index is -1.33. The fourth-order valence-electron chi connectivity index (χ4n) is 1.83. The first-order valence-electron chi connectivity index (χ1n) is 5.92. The number of nitrogens with zero attached hydrogens (tertiary/aromatic N) is 1. The molecule has 0 saturated carbocycles. The van der Waals surface area contributed by atoms with Crippen LogP contribution in [0, 0.1) is 15.9 Å². The highest BCUT2D eigenvalue weighted by molar-refractivity contribution is 9.10. The molecule has 1 aromatic rings. The normalized spacial score (nSPS) is 11.2. The van der Waals surface area contributed by atoms with Crippen LogP contribution in [0.15, 0.2) is 16.6 Å². The van der Waals surface area contributed by atoms with Crippen LogP contribution in [0.2, 0.25) is 0 Å². The van der Waals surface area contributed by atoms with Crippen LogP contribution in [0.4, 0.5) is 15.8 Å². The van der Waals surface area contributed by atoms with E-state index in [2.05, 4.69) is 21.2 Å². The highest BCUT2D eigenvalue weighted by Gasteiger charge is 2.36. The lowest BCUT2D eigenvalue weighted by Crippen LogP contribution is -2.45. The molecule has 6 nitrogen and oxygen atoms in total. The number of carboxylic acids is 1. The van der Waals surface area contributed by atoms with Crippen molar-refractivity contribution in [1.82, 2.24) is 0 Å². The number of hydrogen-bond acceptors (Lipinski definition) is 4. The lowest BCUT2D eigenvalue weighted by molar-refractivity contribution is -0.384. The maximum Gasteiger partial charge on any atom is 0.329 e. The molecule has 0 aliphatic carbocycles. The maximum absolute atomic E-state index is 13.4. The van der Waals surface area contributed by atoms with E-state index in [1.165, 1.54) is 6.07 Å². The van der Waals surface area contributed by atoms with Crippen LogP contribution in [0.1, 0.15) is 26.7 Å². The van der Waals surface area contributed by atoms with E-state index in [0.29, 0.717) is 0 Å². The van der Waals surface area contributed by atoms with E-state index in [4.69, 9.17) is 0 Å². The second kappa shape index (κ2) is 6.17. The van der Waals surface area contributed by atoms with Crippen LogP contribution in [0.5, 0.6) is 0 Å². The molecule has 0 unspecified atom stereocenters. The Hall–Kier alpha value is -1.70. The van der Waals surface area contributed by atoms with E-state index < -0.39 is 27.9 Å². The van der Waals surface area contributed by atoms with Crippen molar-refractivity contribution < 1.29 is 19.2 Å². The van der Waals surface area contributed by atoms with Gasteiger partial charge >= 0.3 is 5.97 Å². The largest absolute Gasteiger partial charge is 0.480 e. The number of halogens is 2. The number of nitro benzene ring substituents is 1. The van der Waals surface area contributed by atoms with E-state index >= 15 is 0 Å². The second-order valence-electron chi connectivity index (χ2n) is 4.26. The van der Waals surface area contributed by atoms with Gasteiger partial charge in [-0.05, 0) is 34.8 Å². The van der Waals surface area contributed by atoms with Crippen molar-refractivity contribution in [2.45, 2.75) is 32.2 Å². The van der Waals surface area contributed by atoms with Crippen molar-refractivity contribution in [3.8, 4) is 0 Å². The van der Waals surface area contributed by atoms with E-state index in [9.17, 15) is 24.4 Å². The van der Waals surface area contributed by atoms with Crippen molar-refractivity contribution in [3.05, 3.63) is 32.5 Å². The number of anilines is 1. The molecule has 0 bridgehead atoms. The SMILES string of the molecule is CCC(CC)(Nc1cc(Br)c(F)cc1[N+](=O)[O-])C(=O)O. The number of carboxylic acid groups (broad SMARTS) is 1. The van der Waals surface area contributed by atoms with Gasteiger partial charge in [0.15, 0.2) is 0 Å². The Balaban J connectivity index is 3.35. The molecule has 0 aliphatic rings. The maximum atomic E-state index is 13.4. The van der Waals surface area contributed by atoms with Gasteiger partial charge in [-0.1, -0.05) is 13.8 Å². The first kappa shape index (κ1) is 16.4. The predicted molar refractivity (Wildman–Crippen MR) is 75.3 cm³/mol. The molecule has 110 valence electrons. The van der Waals surface area contributed by atoms with Gasteiger partial charge in [0.05, 0.1) is 15.5 Å². The van der Waals surface area contributed by atoms with E-state index in [-0.39, 0.29) is 23.0 Å². The van der Waals surface area contributed by atoms with Gasteiger partial charge in [0.2, 0.25) is 0 Å². The molecular weight excluding hydrogens is 335 g/mol. The average Bonchev–Trinajstić information content (AvgIpc) is 2.39. The van der Waals surface area contributed by atoms with Crippen LogP contribution >= 0.6 is 15.9 Å². The Morgan fingerprint density at radius 3 is 2.45 bits per heavy atom. The third-order valence-corrected chi connectivity index (χ3v) is 3.83. The lowest BCUT2D eigenvalue weighted by atomic mass is 9.92. The molecule has 0 aromatic heterocycles. The van der Waals surface area contributed by atoms with E-state index in [1.807, 2.05) is 0 Å². The van der Waals surface area contributed by atoms with Crippen molar-refractivity contribution >= 4 is 33.3 Å². The van der Waals surface area contributed by atoms with Crippen LogP contribution in [-0.4, -0.2) is 21.5 Å². The average molecular weight is 349 g/mol. The molecule has 2 N–H and O–H groups in total. The molecule has 0 amide bonds. The number of nitrogens with one attached hydrogen (secondary N) is 1. The number of nitro groups is 1. The number of carbonyl (C=O) groups is 1. The second-order valence-corrected chi connectivity index (χ2v) is 5.11. The summed E-state index contributed by atoms with van der Waals surface area (Å²) in [6.45, 7) is 3.32. The van der Waals surface area contributed by atoms with Gasteiger partial charge in [-0.25, -0.2) is 9.18 Å². The van der Waals surface area contributed by atoms with E-state index in [0.717, 1.165) is 6.07 Å². The fourth-order valence-corrected chi connectivity index (χ4v) is 2.17. The quantitative estimate of drug-likeness (QED) is 0.605. The van der Waals surface area contributed by atoms with Crippen LogP contribution in [0.25, 0.3) is 0 Å². The van der Waals surface area contributed by atoms with Crippen LogP contribution in [-0.2, 0) is 4.79 Å². The van der Waals surface area contributed by atoms with Crippen LogP contribution < -0.4 is 5.32 Å². The molecule has 1 aromatic carbocycles. The molecule has 0 spiro atoms. The Morgan fingerprint density at radius 2 is 2.05 bits per heavy atom. The van der Waals surface area contributed by atoms with Gasteiger partial charge in [0.25, 0.3) is 5.69 Å². The molecule has 20 heavy (non-hydrogen) atoms. The summed E-state index contributed by atoms with van der Waals surface area (Å²) < 4.78 is 13.4. The molecular formula is C12H14BrFN2O4. The summed E-state index contributed by atoms with van der Waals surface area (Å²) in [5.74, 6) is -1.89. The predicted octanol–water partition coefficient (Wildman–Crippen LogP) is 3.55. The Labute approximate surface area is 123 Å². The molecule has 0 heterocycles. The molecule has 8 heteroatoms. The van der Waals surface area contributed by atoms with Crippen molar-refractivity contribution in [2.75, 3.05) is 5.32 Å². The molecule has 0 fully saturated rings. The van der Waals surface area contributed by atoms with Crippen molar-refractivity contribution in [2.24, 2.45) is 0 Å². The number of benzene rings is 1. The summed E-state index contributed by atoms with van der Waals surface area (Å²) in [6, 6.07) is 1.93. The molecule has 0 radical (unpaired) electrons. The number of rotatable bonds is 6. The van der Waals surface area contributed by atoms with Gasteiger partial charge in [0.1, 0.15) is 17.0 Å².